The second-order valence-electron chi connectivity index (χ2n) is 5.26. The van der Waals surface area contributed by atoms with Crippen LogP contribution >= 0.6 is 38.9 Å². The summed E-state index contributed by atoms with van der Waals surface area (Å²) >= 11 is 10.5. The minimum atomic E-state index is -4.05. The Morgan fingerprint density at radius 1 is 1.26 bits per heavy atom. The Hall–Kier alpha value is -1.94. The average Bonchev–Trinajstić information content (AvgIpc) is 3.08. The number of aromatic nitrogens is 1. The third-order valence-electron chi connectivity index (χ3n) is 3.51. The summed E-state index contributed by atoms with van der Waals surface area (Å²) in [6, 6.07) is 11.4. The molecule has 0 amide bonds. The second kappa shape index (κ2) is 7.97. The van der Waals surface area contributed by atoms with Gasteiger partial charge < -0.3 is 4.74 Å². The zero-order chi connectivity index (χ0) is 19.6. The number of thiazole rings is 1. The van der Waals surface area contributed by atoms with Gasteiger partial charge in [0, 0.05) is 20.4 Å². The molecule has 0 aliphatic carbocycles. The smallest absolute Gasteiger partial charge is 0.339 e. The van der Waals surface area contributed by atoms with Gasteiger partial charge in [-0.1, -0.05) is 45.7 Å². The van der Waals surface area contributed by atoms with Gasteiger partial charge in [0.2, 0.25) is 0 Å². The van der Waals surface area contributed by atoms with Crippen LogP contribution in [0.4, 0.5) is 5.13 Å². The van der Waals surface area contributed by atoms with Crippen molar-refractivity contribution in [2.75, 3.05) is 11.8 Å². The van der Waals surface area contributed by atoms with E-state index < -0.39 is 16.0 Å². The number of sulfonamides is 1. The molecule has 0 saturated heterocycles. The minimum Gasteiger partial charge on any atom is -0.465 e. The van der Waals surface area contributed by atoms with Crippen LogP contribution in [0.3, 0.4) is 0 Å². The average molecular weight is 488 g/mol. The Morgan fingerprint density at radius 3 is 2.70 bits per heavy atom. The molecule has 0 aliphatic heterocycles. The molecule has 0 aliphatic rings. The highest BCUT2D eigenvalue weighted by Crippen LogP contribution is 2.31. The van der Waals surface area contributed by atoms with E-state index >= 15 is 0 Å². The molecule has 1 aromatic heterocycles. The number of carbonyl (C=O) groups excluding carboxylic acids is 1. The third-order valence-corrected chi connectivity index (χ3v) is 6.62. The molecule has 2 aromatic carbocycles. The maximum Gasteiger partial charge on any atom is 0.339 e. The molecule has 0 atom stereocenters. The first-order valence-corrected chi connectivity index (χ1v) is 11.0. The van der Waals surface area contributed by atoms with Gasteiger partial charge in [0.15, 0.2) is 5.13 Å². The predicted octanol–water partition coefficient (Wildman–Crippen LogP) is 4.81. The Kier molecular flexibility index (Phi) is 5.85. The van der Waals surface area contributed by atoms with Crippen molar-refractivity contribution in [3.8, 4) is 11.3 Å². The van der Waals surface area contributed by atoms with E-state index in [1.165, 1.54) is 25.3 Å². The zero-order valence-electron chi connectivity index (χ0n) is 13.8. The molecule has 0 unspecified atom stereocenters. The maximum atomic E-state index is 12.8. The molecule has 0 spiro atoms. The van der Waals surface area contributed by atoms with Crippen LogP contribution < -0.4 is 4.72 Å². The molecule has 0 fully saturated rings. The van der Waals surface area contributed by atoms with E-state index in [2.05, 4.69) is 30.4 Å². The molecule has 3 rings (SSSR count). The van der Waals surface area contributed by atoms with Gasteiger partial charge in [-0.25, -0.2) is 18.2 Å². The summed E-state index contributed by atoms with van der Waals surface area (Å²) < 4.78 is 33.2. The summed E-state index contributed by atoms with van der Waals surface area (Å²) in [7, 11) is -2.87. The minimum absolute atomic E-state index is 0.0812. The molecule has 3 aromatic rings. The van der Waals surface area contributed by atoms with Crippen LogP contribution in [-0.2, 0) is 14.8 Å². The lowest BCUT2D eigenvalue weighted by molar-refractivity contribution is 0.0596. The summed E-state index contributed by atoms with van der Waals surface area (Å²) in [6.07, 6.45) is 0. The normalized spacial score (nSPS) is 11.2. The number of ether oxygens (including phenoxy) is 1. The molecular formula is C17H12BrClN2O4S2. The summed E-state index contributed by atoms with van der Waals surface area (Å²) in [4.78, 5) is 16.0. The van der Waals surface area contributed by atoms with E-state index in [0.717, 1.165) is 11.3 Å². The first kappa shape index (κ1) is 19.8. The van der Waals surface area contributed by atoms with Crippen LogP contribution in [0.5, 0.6) is 0 Å². The predicted molar refractivity (Wildman–Crippen MR) is 109 cm³/mol. The molecule has 1 N–H and O–H groups in total. The van der Waals surface area contributed by atoms with Gasteiger partial charge in [-0.3, -0.25) is 4.72 Å². The number of hydrogen-bond donors (Lipinski definition) is 1. The summed E-state index contributed by atoms with van der Waals surface area (Å²) in [5, 5.41) is 2.36. The fourth-order valence-corrected chi connectivity index (χ4v) is 5.02. The van der Waals surface area contributed by atoms with Crippen LogP contribution in [0.25, 0.3) is 11.3 Å². The van der Waals surface area contributed by atoms with E-state index in [1.54, 1.807) is 23.6 Å². The van der Waals surface area contributed by atoms with Crippen LogP contribution in [0.1, 0.15) is 10.4 Å². The number of benzene rings is 2. The van der Waals surface area contributed by atoms with Crippen LogP contribution in [-0.4, -0.2) is 26.5 Å². The first-order chi connectivity index (χ1) is 12.8. The van der Waals surface area contributed by atoms with Crippen molar-refractivity contribution in [3.63, 3.8) is 0 Å². The zero-order valence-corrected chi connectivity index (χ0v) is 17.7. The van der Waals surface area contributed by atoms with E-state index in [1.807, 2.05) is 6.07 Å². The lowest BCUT2D eigenvalue weighted by Gasteiger charge is -2.10. The lowest BCUT2D eigenvalue weighted by Crippen LogP contribution is -2.17. The highest BCUT2D eigenvalue weighted by atomic mass is 79.9. The molecule has 27 heavy (non-hydrogen) atoms. The highest BCUT2D eigenvalue weighted by Gasteiger charge is 2.24. The quantitative estimate of drug-likeness (QED) is 0.522. The molecule has 0 radical (unpaired) electrons. The van der Waals surface area contributed by atoms with Crippen molar-refractivity contribution in [3.05, 3.63) is 62.9 Å². The van der Waals surface area contributed by atoms with Crippen LogP contribution in [0.15, 0.2) is 57.2 Å². The molecule has 6 nitrogen and oxygen atoms in total. The van der Waals surface area contributed by atoms with Gasteiger partial charge in [-0.15, -0.1) is 11.3 Å². The van der Waals surface area contributed by atoms with Gasteiger partial charge in [0.1, 0.15) is 4.90 Å². The van der Waals surface area contributed by atoms with Crippen molar-refractivity contribution in [2.24, 2.45) is 0 Å². The molecule has 0 saturated carbocycles. The second-order valence-corrected chi connectivity index (χ2v) is 9.09. The van der Waals surface area contributed by atoms with E-state index in [-0.39, 0.29) is 15.6 Å². The number of esters is 1. The van der Waals surface area contributed by atoms with Gasteiger partial charge in [0.05, 0.1) is 18.4 Å². The summed E-state index contributed by atoms with van der Waals surface area (Å²) in [6.45, 7) is 0. The Bertz CT molecular complexity index is 1120. The Morgan fingerprint density at radius 2 is 2.00 bits per heavy atom. The van der Waals surface area contributed by atoms with Crippen LogP contribution in [0.2, 0.25) is 5.02 Å². The number of carbonyl (C=O) groups is 1. The first-order valence-electron chi connectivity index (χ1n) is 7.43. The number of nitrogens with one attached hydrogen (secondary N) is 1. The Balaban J connectivity index is 1.95. The number of methoxy groups -OCH3 is 1. The molecule has 1 heterocycles. The van der Waals surface area contributed by atoms with Gasteiger partial charge in [-0.2, -0.15) is 0 Å². The SMILES string of the molecule is COC(=O)c1cc(Br)ccc1S(=O)(=O)Nc1nc(-c2ccccc2Cl)cs1. The van der Waals surface area contributed by atoms with Crippen molar-refractivity contribution in [1.82, 2.24) is 4.98 Å². The van der Waals surface area contributed by atoms with E-state index in [0.29, 0.717) is 20.8 Å². The van der Waals surface area contributed by atoms with Crippen molar-refractivity contribution >= 4 is 60.0 Å². The van der Waals surface area contributed by atoms with Crippen molar-refractivity contribution in [2.45, 2.75) is 4.90 Å². The third kappa shape index (κ3) is 4.32. The number of rotatable bonds is 5. The van der Waals surface area contributed by atoms with Crippen molar-refractivity contribution in [1.29, 1.82) is 0 Å². The van der Waals surface area contributed by atoms with E-state index in [9.17, 15) is 13.2 Å². The lowest BCUT2D eigenvalue weighted by atomic mass is 10.2. The number of halogens is 2. The fraction of sp³-hybridized carbons (Fsp3) is 0.0588. The van der Waals surface area contributed by atoms with E-state index in [4.69, 9.17) is 11.6 Å². The number of anilines is 1. The molecule has 0 bridgehead atoms. The molecular weight excluding hydrogens is 476 g/mol. The van der Waals surface area contributed by atoms with Gasteiger partial charge in [-0.05, 0) is 24.3 Å². The number of hydrogen-bond acceptors (Lipinski definition) is 6. The van der Waals surface area contributed by atoms with Gasteiger partial charge >= 0.3 is 5.97 Å². The molecule has 10 heteroatoms. The standard InChI is InChI=1S/C17H12BrClN2O4S2/c1-25-16(22)12-8-10(18)6-7-15(12)27(23,24)21-17-20-14(9-26-17)11-4-2-3-5-13(11)19/h2-9H,1H3,(H,20,21). The highest BCUT2D eigenvalue weighted by molar-refractivity contribution is 9.10. The number of nitrogens with zero attached hydrogens (tertiary/aromatic N) is 1. The monoisotopic (exact) mass is 486 g/mol. The van der Waals surface area contributed by atoms with Crippen molar-refractivity contribution < 1.29 is 17.9 Å². The largest absolute Gasteiger partial charge is 0.465 e. The summed E-state index contributed by atoms with van der Waals surface area (Å²) in [5.41, 5.74) is 1.16. The van der Waals surface area contributed by atoms with Gasteiger partial charge in [0.25, 0.3) is 10.0 Å². The molecule has 140 valence electrons. The maximum absolute atomic E-state index is 12.8. The summed E-state index contributed by atoms with van der Waals surface area (Å²) in [5.74, 6) is -0.757. The van der Waals surface area contributed by atoms with Crippen LogP contribution in [0, 0.1) is 0 Å². The Labute approximate surface area is 173 Å². The topological polar surface area (TPSA) is 85.4 Å². The fourth-order valence-electron chi connectivity index (χ4n) is 2.29.